The van der Waals surface area contributed by atoms with Crippen LogP contribution in [0.2, 0.25) is 0 Å². The molecule has 2 aliphatic rings. The number of nitriles is 1. The average Bonchev–Trinajstić information content (AvgIpc) is 3.11. The zero-order valence-electron chi connectivity index (χ0n) is 11.0. The van der Waals surface area contributed by atoms with Gasteiger partial charge in [0.1, 0.15) is 0 Å². The van der Waals surface area contributed by atoms with E-state index in [2.05, 4.69) is 48.1 Å². The van der Waals surface area contributed by atoms with E-state index in [-0.39, 0.29) is 10.8 Å². The highest BCUT2D eigenvalue weighted by Crippen LogP contribution is 2.62. The Morgan fingerprint density at radius 3 is 2.58 bits per heavy atom. The molecule has 0 radical (unpaired) electrons. The first-order valence-electron chi connectivity index (χ1n) is 6.76. The number of hydrogen-bond donors (Lipinski definition) is 0. The van der Waals surface area contributed by atoms with E-state index in [1.807, 2.05) is 0 Å². The van der Waals surface area contributed by atoms with Gasteiger partial charge in [-0.25, -0.2) is 0 Å². The van der Waals surface area contributed by atoms with E-state index >= 15 is 0 Å². The highest BCUT2D eigenvalue weighted by atomic mass is 16.5. The number of aryl methyl sites for hydroxylation is 1. The maximum absolute atomic E-state index is 9.58. The number of nitrogens with zero attached hydrogens (tertiary/aromatic N) is 2. The smallest absolute Gasteiger partial charge is 0.0717 e. The Morgan fingerprint density at radius 2 is 2.00 bits per heavy atom. The molecule has 1 saturated heterocycles. The maximum Gasteiger partial charge on any atom is 0.0717 e. The molecule has 0 N–H and O–H groups in total. The first kappa shape index (κ1) is 11.1. The molecule has 3 heteroatoms. The van der Waals surface area contributed by atoms with Crippen LogP contribution in [0.3, 0.4) is 0 Å². The number of fused-ring (bicyclic) bond motifs is 1. The fourth-order valence-electron chi connectivity index (χ4n) is 3.54. The van der Waals surface area contributed by atoms with Crippen LogP contribution in [-0.4, -0.2) is 17.8 Å². The lowest BCUT2D eigenvalue weighted by Gasteiger charge is -2.45. The Bertz CT molecular complexity index is 699. The van der Waals surface area contributed by atoms with E-state index < -0.39 is 0 Å². The molecule has 2 fully saturated rings. The lowest BCUT2D eigenvalue weighted by Crippen LogP contribution is -2.53. The third kappa shape index (κ3) is 1.20. The van der Waals surface area contributed by atoms with Gasteiger partial charge >= 0.3 is 0 Å². The van der Waals surface area contributed by atoms with Gasteiger partial charge in [-0.3, -0.25) is 0 Å². The first-order valence-corrected chi connectivity index (χ1v) is 6.76. The second-order valence-corrected chi connectivity index (χ2v) is 5.94. The minimum absolute atomic E-state index is 0.0807. The Hall–Kier alpha value is -1.79. The standard InChI is InChI=1S/C16H16N2O/c1-18-8-13(12-4-2-3-5-14(12)18)16(10-19-11-16)15(9-17)6-7-15/h2-5,8H,6-7,10-11H2,1H3. The Kier molecular flexibility index (Phi) is 1.98. The average molecular weight is 252 g/mol. The topological polar surface area (TPSA) is 38.0 Å². The molecular formula is C16H16N2O. The van der Waals surface area contributed by atoms with Crippen molar-refractivity contribution in [3.05, 3.63) is 36.0 Å². The van der Waals surface area contributed by atoms with Crippen LogP contribution in [0.1, 0.15) is 18.4 Å². The molecule has 0 spiro atoms. The molecule has 1 aliphatic heterocycles. The van der Waals surface area contributed by atoms with E-state index in [9.17, 15) is 5.26 Å². The van der Waals surface area contributed by atoms with Crippen LogP contribution in [0.4, 0.5) is 0 Å². The summed E-state index contributed by atoms with van der Waals surface area (Å²) in [7, 11) is 2.07. The van der Waals surface area contributed by atoms with Crippen LogP contribution >= 0.6 is 0 Å². The van der Waals surface area contributed by atoms with Crippen molar-refractivity contribution in [1.29, 1.82) is 5.26 Å². The second-order valence-electron chi connectivity index (χ2n) is 5.94. The van der Waals surface area contributed by atoms with Gasteiger partial charge in [-0.1, -0.05) is 18.2 Å². The number of para-hydroxylation sites is 1. The molecular weight excluding hydrogens is 236 g/mol. The summed E-state index contributed by atoms with van der Waals surface area (Å²) >= 11 is 0. The fraction of sp³-hybridized carbons (Fsp3) is 0.438. The number of aromatic nitrogens is 1. The van der Waals surface area contributed by atoms with Crippen molar-refractivity contribution in [3.8, 4) is 6.07 Å². The molecule has 0 amide bonds. The minimum atomic E-state index is -0.185. The monoisotopic (exact) mass is 252 g/mol. The summed E-state index contributed by atoms with van der Waals surface area (Å²) in [5.41, 5.74) is 2.27. The zero-order valence-corrected chi connectivity index (χ0v) is 11.0. The van der Waals surface area contributed by atoms with Gasteiger partial charge in [-0.15, -0.1) is 0 Å². The summed E-state index contributed by atoms with van der Waals surface area (Å²) in [5.74, 6) is 0. The zero-order chi connectivity index (χ0) is 13.1. The van der Waals surface area contributed by atoms with Gasteiger partial charge in [0, 0.05) is 24.1 Å². The van der Waals surface area contributed by atoms with Gasteiger partial charge < -0.3 is 9.30 Å². The van der Waals surface area contributed by atoms with E-state index in [1.165, 1.54) is 16.5 Å². The SMILES string of the molecule is Cn1cc(C2(C3(C#N)CC3)COC2)c2ccccc21. The highest BCUT2D eigenvalue weighted by Gasteiger charge is 2.65. The van der Waals surface area contributed by atoms with Gasteiger partial charge in [0.05, 0.1) is 30.1 Å². The summed E-state index contributed by atoms with van der Waals surface area (Å²) < 4.78 is 7.68. The molecule has 2 heterocycles. The molecule has 0 bridgehead atoms. The summed E-state index contributed by atoms with van der Waals surface area (Å²) in [6, 6.07) is 11.0. The Labute approximate surface area is 112 Å². The molecule has 2 aromatic rings. The van der Waals surface area contributed by atoms with E-state index in [1.54, 1.807) is 0 Å². The van der Waals surface area contributed by atoms with Crippen molar-refractivity contribution in [3.63, 3.8) is 0 Å². The van der Waals surface area contributed by atoms with Crippen LogP contribution in [0.15, 0.2) is 30.5 Å². The van der Waals surface area contributed by atoms with Crippen molar-refractivity contribution >= 4 is 10.9 Å². The van der Waals surface area contributed by atoms with Crippen molar-refractivity contribution in [1.82, 2.24) is 4.57 Å². The number of rotatable bonds is 2. The van der Waals surface area contributed by atoms with Crippen LogP contribution in [0, 0.1) is 16.7 Å². The van der Waals surface area contributed by atoms with Crippen LogP contribution in [0.25, 0.3) is 10.9 Å². The summed E-state index contributed by atoms with van der Waals surface area (Å²) in [5, 5.41) is 10.9. The highest BCUT2D eigenvalue weighted by molar-refractivity contribution is 5.85. The van der Waals surface area contributed by atoms with E-state index in [0.29, 0.717) is 13.2 Å². The normalized spacial score (nSPS) is 22.7. The molecule has 4 rings (SSSR count). The number of benzene rings is 1. The molecule has 1 saturated carbocycles. The maximum atomic E-state index is 9.58. The molecule has 0 atom stereocenters. The lowest BCUT2D eigenvalue weighted by atomic mass is 9.66. The largest absolute Gasteiger partial charge is 0.379 e. The molecule has 0 unspecified atom stereocenters. The quantitative estimate of drug-likeness (QED) is 0.824. The van der Waals surface area contributed by atoms with E-state index in [0.717, 1.165) is 12.8 Å². The van der Waals surface area contributed by atoms with Crippen molar-refractivity contribution in [2.45, 2.75) is 18.3 Å². The molecule has 1 aromatic carbocycles. The van der Waals surface area contributed by atoms with Crippen LogP contribution in [0.5, 0.6) is 0 Å². The van der Waals surface area contributed by atoms with Gasteiger partial charge in [0.25, 0.3) is 0 Å². The molecule has 96 valence electrons. The Morgan fingerprint density at radius 1 is 1.26 bits per heavy atom. The summed E-state index contributed by atoms with van der Waals surface area (Å²) in [6.07, 6.45) is 4.22. The molecule has 1 aromatic heterocycles. The predicted molar refractivity (Wildman–Crippen MR) is 72.7 cm³/mol. The van der Waals surface area contributed by atoms with Crippen molar-refractivity contribution in [2.75, 3.05) is 13.2 Å². The van der Waals surface area contributed by atoms with Crippen molar-refractivity contribution < 1.29 is 4.74 Å². The fourth-order valence-corrected chi connectivity index (χ4v) is 3.54. The molecule has 19 heavy (non-hydrogen) atoms. The van der Waals surface area contributed by atoms with Gasteiger partial charge in [0.15, 0.2) is 0 Å². The van der Waals surface area contributed by atoms with Gasteiger partial charge in [0.2, 0.25) is 0 Å². The summed E-state index contributed by atoms with van der Waals surface area (Å²) in [6.45, 7) is 1.38. The lowest BCUT2D eigenvalue weighted by molar-refractivity contribution is -0.0860. The predicted octanol–water partition coefficient (Wildman–Crippen LogP) is 2.75. The van der Waals surface area contributed by atoms with Gasteiger partial charge in [-0.2, -0.15) is 5.26 Å². The van der Waals surface area contributed by atoms with Gasteiger partial charge in [-0.05, 0) is 24.5 Å². The Balaban J connectivity index is 1.97. The van der Waals surface area contributed by atoms with Crippen LogP contribution in [-0.2, 0) is 17.2 Å². The molecule has 1 aliphatic carbocycles. The third-order valence-electron chi connectivity index (χ3n) is 4.99. The van der Waals surface area contributed by atoms with Crippen molar-refractivity contribution in [2.24, 2.45) is 12.5 Å². The second kappa shape index (κ2) is 3.40. The number of hydrogen-bond acceptors (Lipinski definition) is 2. The van der Waals surface area contributed by atoms with E-state index in [4.69, 9.17) is 4.74 Å². The third-order valence-corrected chi connectivity index (χ3v) is 4.99. The summed E-state index contributed by atoms with van der Waals surface area (Å²) in [4.78, 5) is 0. The van der Waals surface area contributed by atoms with Crippen LogP contribution < -0.4 is 0 Å². The minimum Gasteiger partial charge on any atom is -0.379 e. The molecule has 3 nitrogen and oxygen atoms in total. The first-order chi connectivity index (χ1) is 9.22. The number of ether oxygens (including phenoxy) is 1.